The third-order valence-corrected chi connectivity index (χ3v) is 4.07. The molecule has 1 aromatic rings. The number of aryl methyl sites for hydroxylation is 1. The largest absolute Gasteiger partial charge is 0.374 e. The number of carbonyl (C=O) groups is 1. The van der Waals surface area contributed by atoms with Gasteiger partial charge in [0.2, 0.25) is 5.91 Å². The number of amides is 1. The number of hydrogen-bond acceptors (Lipinski definition) is 3. The summed E-state index contributed by atoms with van der Waals surface area (Å²) in [7, 11) is 2.16. The molecule has 2 aliphatic heterocycles. The smallest absolute Gasteiger partial charge is 0.221 e. The maximum absolute atomic E-state index is 11.1. The maximum Gasteiger partial charge on any atom is 0.221 e. The summed E-state index contributed by atoms with van der Waals surface area (Å²) in [6.45, 7) is 2.75. The monoisotopic (exact) mass is 259 g/mol. The van der Waals surface area contributed by atoms with Crippen LogP contribution in [0.4, 0.5) is 5.69 Å². The van der Waals surface area contributed by atoms with Crippen molar-refractivity contribution in [2.24, 2.45) is 0 Å². The lowest BCUT2D eigenvalue weighted by molar-refractivity contribution is -0.119. The average Bonchev–Trinajstić information content (AvgIpc) is 2.82. The van der Waals surface area contributed by atoms with Gasteiger partial charge >= 0.3 is 0 Å². The molecule has 0 aliphatic carbocycles. The third kappa shape index (κ3) is 2.73. The van der Waals surface area contributed by atoms with Crippen LogP contribution in [-0.4, -0.2) is 32.1 Å². The highest BCUT2D eigenvalue weighted by atomic mass is 16.1. The Labute approximate surface area is 114 Å². The Bertz CT molecular complexity index is 486. The molecule has 0 saturated carbocycles. The number of benzene rings is 1. The van der Waals surface area contributed by atoms with Gasteiger partial charge in [-0.3, -0.25) is 4.79 Å². The fourth-order valence-corrected chi connectivity index (χ4v) is 2.96. The van der Waals surface area contributed by atoms with Crippen molar-refractivity contribution in [2.75, 3.05) is 25.0 Å². The Morgan fingerprint density at radius 1 is 1.47 bits per heavy atom. The molecule has 1 atom stereocenters. The van der Waals surface area contributed by atoms with Crippen LogP contribution in [0.5, 0.6) is 0 Å². The molecule has 4 nitrogen and oxygen atoms in total. The summed E-state index contributed by atoms with van der Waals surface area (Å²) in [6, 6.07) is 7.01. The van der Waals surface area contributed by atoms with Crippen LogP contribution >= 0.6 is 0 Å². The zero-order valence-corrected chi connectivity index (χ0v) is 11.4. The van der Waals surface area contributed by atoms with Crippen LogP contribution in [0.3, 0.4) is 0 Å². The number of hydrogen-bond donors (Lipinski definition) is 2. The van der Waals surface area contributed by atoms with Gasteiger partial charge in [-0.15, -0.1) is 0 Å². The second kappa shape index (κ2) is 5.21. The molecule has 4 heteroatoms. The van der Waals surface area contributed by atoms with Crippen LogP contribution in [0.2, 0.25) is 0 Å². The Kier molecular flexibility index (Phi) is 3.42. The van der Waals surface area contributed by atoms with Gasteiger partial charge in [-0.05, 0) is 30.0 Å². The number of nitrogens with zero attached hydrogens (tertiary/aromatic N) is 1. The number of carbonyl (C=O) groups excluding carboxylic acids is 1. The number of fused-ring (bicyclic) bond motifs is 1. The summed E-state index contributed by atoms with van der Waals surface area (Å²) >= 11 is 0. The first-order valence-electron chi connectivity index (χ1n) is 7.05. The third-order valence-electron chi connectivity index (χ3n) is 4.07. The van der Waals surface area contributed by atoms with Gasteiger partial charge < -0.3 is 15.5 Å². The number of rotatable bonds is 3. The minimum Gasteiger partial charge on any atom is -0.374 e. The minimum absolute atomic E-state index is 0.157. The predicted molar refractivity (Wildman–Crippen MR) is 76.3 cm³/mol. The molecule has 1 saturated heterocycles. The van der Waals surface area contributed by atoms with Crippen LogP contribution in [-0.2, 0) is 17.8 Å². The first-order chi connectivity index (χ1) is 9.22. The van der Waals surface area contributed by atoms with Gasteiger partial charge in [0.25, 0.3) is 0 Å². The van der Waals surface area contributed by atoms with E-state index in [1.165, 1.54) is 29.7 Å². The van der Waals surface area contributed by atoms with Gasteiger partial charge in [-0.25, -0.2) is 0 Å². The van der Waals surface area contributed by atoms with Crippen molar-refractivity contribution in [3.63, 3.8) is 0 Å². The number of anilines is 1. The second-order valence-corrected chi connectivity index (χ2v) is 5.57. The van der Waals surface area contributed by atoms with Crippen molar-refractivity contribution in [3.05, 3.63) is 29.3 Å². The first kappa shape index (κ1) is 12.5. The van der Waals surface area contributed by atoms with E-state index < -0.39 is 0 Å². The highest BCUT2D eigenvalue weighted by molar-refractivity contribution is 5.78. The topological polar surface area (TPSA) is 44.4 Å². The summed E-state index contributed by atoms with van der Waals surface area (Å²) in [4.78, 5) is 13.5. The lowest BCUT2D eigenvalue weighted by Crippen LogP contribution is -2.30. The van der Waals surface area contributed by atoms with E-state index in [2.05, 4.69) is 40.8 Å². The standard InChI is InChI=1S/C15H21N3O/c1-18-6-2-3-12-7-11(4-5-14(12)18)9-16-13-8-15(19)17-10-13/h4-5,7,13,16H,2-3,6,8-10H2,1H3,(H,17,19). The van der Waals surface area contributed by atoms with Crippen LogP contribution in [0.25, 0.3) is 0 Å². The molecular weight excluding hydrogens is 238 g/mol. The van der Waals surface area contributed by atoms with E-state index in [-0.39, 0.29) is 11.9 Å². The van der Waals surface area contributed by atoms with Crippen LogP contribution < -0.4 is 15.5 Å². The molecule has 2 N–H and O–H groups in total. The fraction of sp³-hybridized carbons (Fsp3) is 0.533. The lowest BCUT2D eigenvalue weighted by Gasteiger charge is -2.28. The van der Waals surface area contributed by atoms with E-state index in [9.17, 15) is 4.79 Å². The van der Waals surface area contributed by atoms with Crippen molar-refractivity contribution in [3.8, 4) is 0 Å². The summed E-state index contributed by atoms with van der Waals surface area (Å²) in [5.41, 5.74) is 4.13. The SMILES string of the molecule is CN1CCCc2cc(CNC3CNC(=O)C3)ccc21. The highest BCUT2D eigenvalue weighted by Crippen LogP contribution is 2.26. The Hall–Kier alpha value is -1.55. The van der Waals surface area contributed by atoms with E-state index in [4.69, 9.17) is 0 Å². The van der Waals surface area contributed by atoms with Gasteiger partial charge in [-0.2, -0.15) is 0 Å². The molecule has 1 unspecified atom stereocenters. The molecule has 0 spiro atoms. The molecule has 102 valence electrons. The summed E-state index contributed by atoms with van der Waals surface area (Å²) in [6.07, 6.45) is 3.02. The summed E-state index contributed by atoms with van der Waals surface area (Å²) in [5, 5.41) is 6.30. The van der Waals surface area contributed by atoms with E-state index >= 15 is 0 Å². The lowest BCUT2D eigenvalue weighted by atomic mass is 9.99. The predicted octanol–water partition coefficient (Wildman–Crippen LogP) is 1.05. The Morgan fingerprint density at radius 2 is 2.37 bits per heavy atom. The minimum atomic E-state index is 0.157. The van der Waals surface area contributed by atoms with E-state index in [0.717, 1.165) is 19.6 Å². The number of nitrogens with one attached hydrogen (secondary N) is 2. The molecule has 1 fully saturated rings. The van der Waals surface area contributed by atoms with Crippen LogP contribution in [0, 0.1) is 0 Å². The van der Waals surface area contributed by atoms with Gasteiger partial charge in [0.05, 0.1) is 0 Å². The van der Waals surface area contributed by atoms with Gasteiger partial charge in [0, 0.05) is 44.8 Å². The Morgan fingerprint density at radius 3 is 3.16 bits per heavy atom. The molecule has 3 rings (SSSR count). The molecule has 2 aliphatic rings. The fourth-order valence-electron chi connectivity index (χ4n) is 2.96. The first-order valence-corrected chi connectivity index (χ1v) is 7.05. The molecule has 2 heterocycles. The van der Waals surface area contributed by atoms with Crippen molar-refractivity contribution >= 4 is 11.6 Å². The van der Waals surface area contributed by atoms with Gasteiger partial charge in [-0.1, -0.05) is 12.1 Å². The Balaban J connectivity index is 1.64. The normalized spacial score (nSPS) is 22.3. The molecule has 19 heavy (non-hydrogen) atoms. The molecular formula is C15H21N3O. The molecule has 1 amide bonds. The van der Waals surface area contributed by atoms with E-state index in [1.807, 2.05) is 0 Å². The van der Waals surface area contributed by atoms with E-state index in [1.54, 1.807) is 0 Å². The van der Waals surface area contributed by atoms with Crippen molar-refractivity contribution in [1.82, 2.24) is 10.6 Å². The van der Waals surface area contributed by atoms with Crippen LogP contribution in [0.15, 0.2) is 18.2 Å². The zero-order chi connectivity index (χ0) is 13.2. The highest BCUT2D eigenvalue weighted by Gasteiger charge is 2.20. The maximum atomic E-state index is 11.1. The zero-order valence-electron chi connectivity index (χ0n) is 11.4. The van der Waals surface area contributed by atoms with Gasteiger partial charge in [0.1, 0.15) is 0 Å². The second-order valence-electron chi connectivity index (χ2n) is 5.57. The quantitative estimate of drug-likeness (QED) is 0.853. The van der Waals surface area contributed by atoms with E-state index in [0.29, 0.717) is 6.42 Å². The van der Waals surface area contributed by atoms with Crippen molar-refractivity contribution in [2.45, 2.75) is 31.8 Å². The molecule has 0 aromatic heterocycles. The molecule has 0 bridgehead atoms. The summed E-state index contributed by atoms with van der Waals surface area (Å²) < 4.78 is 0. The average molecular weight is 259 g/mol. The van der Waals surface area contributed by atoms with Crippen LogP contribution in [0.1, 0.15) is 24.0 Å². The molecule has 1 aromatic carbocycles. The summed E-state index contributed by atoms with van der Waals surface area (Å²) in [5.74, 6) is 0.157. The van der Waals surface area contributed by atoms with Crippen molar-refractivity contribution in [1.29, 1.82) is 0 Å². The molecule has 0 radical (unpaired) electrons. The van der Waals surface area contributed by atoms with Crippen molar-refractivity contribution < 1.29 is 4.79 Å². The van der Waals surface area contributed by atoms with Gasteiger partial charge in [0.15, 0.2) is 0 Å².